The Hall–Kier alpha value is -3.10. The summed E-state index contributed by atoms with van der Waals surface area (Å²) < 4.78 is 5.14. The van der Waals surface area contributed by atoms with Crippen molar-refractivity contribution in [2.75, 3.05) is 6.61 Å². The van der Waals surface area contributed by atoms with E-state index < -0.39 is 35.4 Å². The Kier molecular flexibility index (Phi) is 8.41. The molecule has 0 radical (unpaired) electrons. The predicted octanol–water partition coefficient (Wildman–Crippen LogP) is 0.936. The van der Waals surface area contributed by atoms with Crippen molar-refractivity contribution >= 4 is 23.7 Å². The zero-order chi connectivity index (χ0) is 23.0. The number of esters is 1. The molecular weight excluding hydrogens is 402 g/mol. The SMILES string of the molecule is CCOC(=O)C1(NC(=O)[C@H](C)NC(=O)[C@H](Cc2ccc(O)cc2)NC(C)=O)CCCC1. The van der Waals surface area contributed by atoms with Crippen LogP contribution in [0.15, 0.2) is 24.3 Å². The van der Waals surface area contributed by atoms with Gasteiger partial charge in [-0.1, -0.05) is 25.0 Å². The van der Waals surface area contributed by atoms with Gasteiger partial charge in [0, 0.05) is 13.3 Å². The Morgan fingerprint density at radius 1 is 1.06 bits per heavy atom. The van der Waals surface area contributed by atoms with Crippen LogP contribution in [0.25, 0.3) is 0 Å². The maximum atomic E-state index is 12.8. The second kappa shape index (κ2) is 10.8. The third-order valence-corrected chi connectivity index (χ3v) is 5.31. The van der Waals surface area contributed by atoms with Crippen LogP contribution < -0.4 is 16.0 Å². The molecule has 0 saturated heterocycles. The molecular formula is C22H31N3O6. The number of phenolic OH excluding ortho intramolecular Hbond substituents is 1. The lowest BCUT2D eigenvalue weighted by Gasteiger charge is -2.29. The summed E-state index contributed by atoms with van der Waals surface area (Å²) in [6.45, 7) is 4.75. The normalized spacial score (nSPS) is 16.6. The Labute approximate surface area is 181 Å². The van der Waals surface area contributed by atoms with E-state index in [1.807, 2.05) is 0 Å². The fraction of sp³-hybridized carbons (Fsp3) is 0.545. The van der Waals surface area contributed by atoms with Gasteiger partial charge < -0.3 is 25.8 Å². The second-order valence-corrected chi connectivity index (χ2v) is 7.85. The van der Waals surface area contributed by atoms with Gasteiger partial charge in [0.05, 0.1) is 6.61 Å². The number of phenols is 1. The van der Waals surface area contributed by atoms with Crippen LogP contribution in [0.5, 0.6) is 5.75 Å². The fourth-order valence-electron chi connectivity index (χ4n) is 3.67. The van der Waals surface area contributed by atoms with Crippen molar-refractivity contribution in [3.8, 4) is 5.75 Å². The van der Waals surface area contributed by atoms with E-state index in [9.17, 15) is 24.3 Å². The van der Waals surface area contributed by atoms with Crippen LogP contribution in [-0.4, -0.2) is 53.0 Å². The first-order valence-electron chi connectivity index (χ1n) is 10.5. The van der Waals surface area contributed by atoms with Crippen molar-refractivity contribution in [2.24, 2.45) is 0 Å². The summed E-state index contributed by atoms with van der Waals surface area (Å²) in [7, 11) is 0. The zero-order valence-corrected chi connectivity index (χ0v) is 18.2. The number of nitrogens with one attached hydrogen (secondary N) is 3. The van der Waals surface area contributed by atoms with Gasteiger partial charge in [0.2, 0.25) is 17.7 Å². The molecule has 0 bridgehead atoms. The quantitative estimate of drug-likeness (QED) is 0.428. The third-order valence-electron chi connectivity index (χ3n) is 5.31. The summed E-state index contributed by atoms with van der Waals surface area (Å²) in [6, 6.07) is 4.46. The monoisotopic (exact) mass is 433 g/mol. The Morgan fingerprint density at radius 2 is 1.68 bits per heavy atom. The number of amides is 3. The highest BCUT2D eigenvalue weighted by molar-refractivity contribution is 5.94. The molecule has 2 rings (SSSR count). The molecule has 3 amide bonds. The average Bonchev–Trinajstić information content (AvgIpc) is 3.18. The van der Waals surface area contributed by atoms with Gasteiger partial charge in [-0.25, -0.2) is 4.79 Å². The number of benzene rings is 1. The van der Waals surface area contributed by atoms with Gasteiger partial charge in [0.25, 0.3) is 0 Å². The molecule has 0 aromatic heterocycles. The van der Waals surface area contributed by atoms with Crippen LogP contribution in [0.1, 0.15) is 52.0 Å². The standard InChI is InChI=1S/C22H31N3O6/c1-4-31-21(30)22(11-5-6-12-22)25-19(28)14(2)23-20(29)18(24-15(3)26)13-16-7-9-17(27)10-8-16/h7-10,14,18,27H,4-6,11-13H2,1-3H3,(H,23,29)(H,24,26)(H,25,28)/t14-,18-/m0/s1. The Bertz CT molecular complexity index is 802. The first-order valence-corrected chi connectivity index (χ1v) is 10.5. The lowest BCUT2D eigenvalue weighted by Crippen LogP contribution is -2.59. The van der Waals surface area contributed by atoms with E-state index in [1.165, 1.54) is 26.0 Å². The predicted molar refractivity (Wildman–Crippen MR) is 113 cm³/mol. The zero-order valence-electron chi connectivity index (χ0n) is 18.2. The summed E-state index contributed by atoms with van der Waals surface area (Å²) in [5.74, 6) is -1.76. The third kappa shape index (κ3) is 6.70. The minimum atomic E-state index is -1.06. The van der Waals surface area contributed by atoms with E-state index in [0.717, 1.165) is 18.4 Å². The van der Waals surface area contributed by atoms with E-state index >= 15 is 0 Å². The molecule has 1 fully saturated rings. The summed E-state index contributed by atoms with van der Waals surface area (Å²) in [4.78, 5) is 49.5. The van der Waals surface area contributed by atoms with E-state index in [4.69, 9.17) is 4.74 Å². The lowest BCUT2D eigenvalue weighted by molar-refractivity contribution is -0.153. The van der Waals surface area contributed by atoms with Crippen molar-refractivity contribution in [1.29, 1.82) is 0 Å². The van der Waals surface area contributed by atoms with E-state index in [0.29, 0.717) is 12.8 Å². The first-order chi connectivity index (χ1) is 14.7. The van der Waals surface area contributed by atoms with Crippen LogP contribution in [0.2, 0.25) is 0 Å². The Morgan fingerprint density at radius 3 is 2.23 bits per heavy atom. The molecule has 0 heterocycles. The number of hydrogen-bond acceptors (Lipinski definition) is 6. The molecule has 9 heteroatoms. The smallest absolute Gasteiger partial charge is 0.331 e. The van der Waals surface area contributed by atoms with Crippen LogP contribution in [0, 0.1) is 0 Å². The van der Waals surface area contributed by atoms with E-state index in [2.05, 4.69) is 16.0 Å². The van der Waals surface area contributed by atoms with Crippen LogP contribution in [0.3, 0.4) is 0 Å². The molecule has 1 aromatic rings. The fourth-order valence-corrected chi connectivity index (χ4v) is 3.67. The van der Waals surface area contributed by atoms with Gasteiger partial charge in [-0.15, -0.1) is 0 Å². The van der Waals surface area contributed by atoms with Crippen molar-refractivity contribution in [3.63, 3.8) is 0 Å². The van der Waals surface area contributed by atoms with Crippen molar-refractivity contribution < 1.29 is 29.0 Å². The van der Waals surface area contributed by atoms with E-state index in [-0.39, 0.29) is 24.7 Å². The minimum Gasteiger partial charge on any atom is -0.508 e. The number of hydrogen-bond donors (Lipinski definition) is 4. The highest BCUT2D eigenvalue weighted by Crippen LogP contribution is 2.31. The minimum absolute atomic E-state index is 0.0945. The first kappa shape index (κ1) is 24.2. The highest BCUT2D eigenvalue weighted by atomic mass is 16.5. The second-order valence-electron chi connectivity index (χ2n) is 7.85. The molecule has 4 N–H and O–H groups in total. The summed E-state index contributed by atoms with van der Waals surface area (Å²) in [5, 5.41) is 17.4. The van der Waals surface area contributed by atoms with Crippen molar-refractivity contribution in [3.05, 3.63) is 29.8 Å². The molecule has 31 heavy (non-hydrogen) atoms. The van der Waals surface area contributed by atoms with Gasteiger partial charge >= 0.3 is 5.97 Å². The molecule has 2 atom stereocenters. The summed E-state index contributed by atoms with van der Waals surface area (Å²) in [6.07, 6.45) is 2.78. The van der Waals surface area contributed by atoms with Crippen molar-refractivity contribution in [1.82, 2.24) is 16.0 Å². The molecule has 1 saturated carbocycles. The largest absolute Gasteiger partial charge is 0.508 e. The number of aromatic hydroxyl groups is 1. The van der Waals surface area contributed by atoms with Crippen LogP contribution in [-0.2, 0) is 30.3 Å². The Balaban J connectivity index is 2.04. The van der Waals surface area contributed by atoms with Gasteiger partial charge in [0.15, 0.2) is 0 Å². The maximum absolute atomic E-state index is 12.8. The highest BCUT2D eigenvalue weighted by Gasteiger charge is 2.44. The molecule has 0 spiro atoms. The van der Waals surface area contributed by atoms with Crippen LogP contribution in [0.4, 0.5) is 0 Å². The molecule has 1 aromatic carbocycles. The average molecular weight is 434 g/mol. The lowest BCUT2D eigenvalue weighted by atomic mass is 9.97. The summed E-state index contributed by atoms with van der Waals surface area (Å²) in [5.41, 5.74) is -0.328. The van der Waals surface area contributed by atoms with E-state index in [1.54, 1.807) is 19.1 Å². The summed E-state index contributed by atoms with van der Waals surface area (Å²) >= 11 is 0. The molecule has 170 valence electrons. The molecule has 1 aliphatic carbocycles. The number of rotatable bonds is 9. The number of ether oxygens (including phenoxy) is 1. The topological polar surface area (TPSA) is 134 Å². The van der Waals surface area contributed by atoms with Gasteiger partial charge in [-0.3, -0.25) is 14.4 Å². The maximum Gasteiger partial charge on any atom is 0.331 e. The van der Waals surface area contributed by atoms with Gasteiger partial charge in [-0.2, -0.15) is 0 Å². The molecule has 0 unspecified atom stereocenters. The number of carbonyl (C=O) groups excluding carboxylic acids is 4. The van der Waals surface area contributed by atoms with Crippen molar-refractivity contribution in [2.45, 2.75) is 70.5 Å². The number of carbonyl (C=O) groups is 4. The molecule has 1 aliphatic rings. The van der Waals surface area contributed by atoms with Gasteiger partial charge in [-0.05, 0) is 44.4 Å². The van der Waals surface area contributed by atoms with Gasteiger partial charge in [0.1, 0.15) is 23.4 Å². The molecule has 9 nitrogen and oxygen atoms in total. The molecule has 0 aliphatic heterocycles. The van der Waals surface area contributed by atoms with Crippen LogP contribution >= 0.6 is 0 Å².